The number of carbonyl (C=O) groups excluding carboxylic acids is 2. The lowest BCUT2D eigenvalue weighted by molar-refractivity contribution is -0.142. The van der Waals surface area contributed by atoms with E-state index in [0.717, 1.165) is 30.2 Å². The van der Waals surface area contributed by atoms with Gasteiger partial charge in [0.15, 0.2) is 0 Å². The first-order valence-corrected chi connectivity index (χ1v) is 11.6. The van der Waals surface area contributed by atoms with Crippen LogP contribution in [-0.4, -0.2) is 45.5 Å². The average molecular weight is 418 g/mol. The second-order valence-electron chi connectivity index (χ2n) is 6.99. The van der Waals surface area contributed by atoms with Crippen LogP contribution in [0, 0.1) is 0 Å². The lowest BCUT2D eigenvalue weighted by Gasteiger charge is -2.16. The van der Waals surface area contributed by atoms with Gasteiger partial charge in [0.1, 0.15) is 15.9 Å². The van der Waals surface area contributed by atoms with Crippen molar-refractivity contribution in [3.05, 3.63) is 59.7 Å². The van der Waals surface area contributed by atoms with Crippen molar-refractivity contribution in [2.75, 3.05) is 19.1 Å². The van der Waals surface area contributed by atoms with E-state index in [0.29, 0.717) is 5.56 Å². The van der Waals surface area contributed by atoms with Gasteiger partial charge in [0.05, 0.1) is 12.9 Å². The number of rotatable bonds is 9. The number of nitrogens with one attached hydrogen (secondary N) is 1. The Balaban J connectivity index is 2.08. The number of hydrogen-bond acceptors (Lipinski definition) is 5. The molecule has 0 aliphatic rings. The van der Waals surface area contributed by atoms with Gasteiger partial charge in [-0.2, -0.15) is 0 Å². The van der Waals surface area contributed by atoms with E-state index in [1.54, 1.807) is 12.1 Å². The topological polar surface area (TPSA) is 89.5 Å². The molecule has 0 aliphatic heterocycles. The Morgan fingerprint density at radius 1 is 1.00 bits per heavy atom. The summed E-state index contributed by atoms with van der Waals surface area (Å²) in [4.78, 5) is 24.4. The lowest BCUT2D eigenvalue weighted by atomic mass is 10.0. The predicted octanol–water partition coefficient (Wildman–Crippen LogP) is 3.01. The molecule has 1 atom stereocenters. The quantitative estimate of drug-likeness (QED) is 0.634. The first-order chi connectivity index (χ1) is 13.7. The van der Waals surface area contributed by atoms with Crippen LogP contribution in [0.2, 0.25) is 0 Å². The van der Waals surface area contributed by atoms with Gasteiger partial charge < -0.3 is 10.1 Å². The van der Waals surface area contributed by atoms with Gasteiger partial charge in [-0.1, -0.05) is 49.7 Å². The number of hydrogen-bond donors (Lipinski definition) is 1. The van der Waals surface area contributed by atoms with Crippen LogP contribution in [0.1, 0.15) is 35.7 Å². The molecule has 2 aromatic rings. The number of amides is 1. The highest BCUT2D eigenvalue weighted by molar-refractivity contribution is 7.90. The van der Waals surface area contributed by atoms with Crippen LogP contribution in [-0.2, 0) is 25.8 Å². The molecule has 6 nitrogen and oxygen atoms in total. The molecule has 7 heteroatoms. The zero-order chi connectivity index (χ0) is 21.4. The Bertz CT molecular complexity index is 934. The number of sulfone groups is 1. The Morgan fingerprint density at radius 3 is 2.03 bits per heavy atom. The molecule has 0 aliphatic carbocycles. The van der Waals surface area contributed by atoms with Crippen molar-refractivity contribution < 1.29 is 22.7 Å². The lowest BCUT2D eigenvalue weighted by Crippen LogP contribution is -2.42. The number of aryl methyl sites for hydroxylation is 1. The van der Waals surface area contributed by atoms with Crippen LogP contribution in [0.15, 0.2) is 48.5 Å². The van der Waals surface area contributed by atoms with Crippen molar-refractivity contribution in [2.45, 2.75) is 32.2 Å². The summed E-state index contributed by atoms with van der Waals surface area (Å²) in [6.07, 6.45) is 3.18. The van der Waals surface area contributed by atoms with Crippen molar-refractivity contribution in [2.24, 2.45) is 0 Å². The van der Waals surface area contributed by atoms with E-state index >= 15 is 0 Å². The minimum atomic E-state index is -3.26. The van der Waals surface area contributed by atoms with Gasteiger partial charge in [0, 0.05) is 11.8 Å². The third-order valence-corrected chi connectivity index (χ3v) is 5.52. The molecule has 2 rings (SSSR count). The molecule has 0 bridgehead atoms. The Labute approximate surface area is 172 Å². The van der Waals surface area contributed by atoms with E-state index < -0.39 is 27.8 Å². The van der Waals surface area contributed by atoms with E-state index in [1.807, 2.05) is 12.1 Å². The third-order valence-electron chi connectivity index (χ3n) is 4.54. The molecule has 0 saturated carbocycles. The SMILES string of the molecule is CCCc1ccc(-c2ccc(C(=O)NC(CCS(C)(=O)=O)C(=O)OC)cc2)cc1. The maximum absolute atomic E-state index is 12.5. The Kier molecular flexibility index (Phi) is 7.96. The van der Waals surface area contributed by atoms with Crippen LogP contribution in [0.3, 0.4) is 0 Å². The normalized spacial score (nSPS) is 12.2. The number of ether oxygens (including phenoxy) is 1. The zero-order valence-corrected chi connectivity index (χ0v) is 17.8. The van der Waals surface area contributed by atoms with Gasteiger partial charge in [-0.3, -0.25) is 4.79 Å². The van der Waals surface area contributed by atoms with Crippen molar-refractivity contribution in [3.8, 4) is 11.1 Å². The van der Waals surface area contributed by atoms with E-state index in [1.165, 1.54) is 12.7 Å². The average Bonchev–Trinajstić information content (AvgIpc) is 2.70. The van der Waals surface area contributed by atoms with Gasteiger partial charge >= 0.3 is 5.97 Å². The molecular formula is C22H27NO5S. The smallest absolute Gasteiger partial charge is 0.328 e. The monoisotopic (exact) mass is 417 g/mol. The van der Waals surface area contributed by atoms with Gasteiger partial charge in [-0.05, 0) is 41.7 Å². The van der Waals surface area contributed by atoms with E-state index in [2.05, 4.69) is 41.2 Å². The van der Waals surface area contributed by atoms with E-state index in [-0.39, 0.29) is 12.2 Å². The molecule has 1 amide bonds. The fourth-order valence-corrected chi connectivity index (χ4v) is 3.60. The Morgan fingerprint density at radius 2 is 1.55 bits per heavy atom. The van der Waals surface area contributed by atoms with Gasteiger partial charge in [0.25, 0.3) is 5.91 Å². The fourth-order valence-electron chi connectivity index (χ4n) is 2.93. The highest BCUT2D eigenvalue weighted by atomic mass is 32.2. The summed E-state index contributed by atoms with van der Waals surface area (Å²) in [5.74, 6) is -1.36. The summed E-state index contributed by atoms with van der Waals surface area (Å²) in [7, 11) is -2.07. The van der Waals surface area contributed by atoms with Crippen LogP contribution >= 0.6 is 0 Å². The molecule has 2 aromatic carbocycles. The Hall–Kier alpha value is -2.67. The van der Waals surface area contributed by atoms with Crippen molar-refractivity contribution >= 4 is 21.7 Å². The summed E-state index contributed by atoms with van der Waals surface area (Å²) in [5.41, 5.74) is 3.70. The van der Waals surface area contributed by atoms with Crippen molar-refractivity contribution in [3.63, 3.8) is 0 Å². The second kappa shape index (κ2) is 10.2. The minimum Gasteiger partial charge on any atom is -0.467 e. The summed E-state index contributed by atoms with van der Waals surface area (Å²) in [5, 5.41) is 2.56. The molecule has 1 N–H and O–H groups in total. The molecule has 0 aromatic heterocycles. The van der Waals surface area contributed by atoms with E-state index in [4.69, 9.17) is 0 Å². The van der Waals surface area contributed by atoms with Crippen LogP contribution in [0.4, 0.5) is 0 Å². The van der Waals surface area contributed by atoms with Crippen molar-refractivity contribution in [1.29, 1.82) is 0 Å². The molecule has 0 heterocycles. The van der Waals surface area contributed by atoms with Gasteiger partial charge in [0.2, 0.25) is 0 Å². The second-order valence-corrected chi connectivity index (χ2v) is 9.25. The summed E-state index contributed by atoms with van der Waals surface area (Å²) < 4.78 is 27.4. The number of benzene rings is 2. The maximum atomic E-state index is 12.5. The largest absolute Gasteiger partial charge is 0.467 e. The predicted molar refractivity (Wildman–Crippen MR) is 113 cm³/mol. The first kappa shape index (κ1) is 22.6. The minimum absolute atomic E-state index is 0.0422. The maximum Gasteiger partial charge on any atom is 0.328 e. The van der Waals surface area contributed by atoms with Crippen LogP contribution < -0.4 is 5.32 Å². The van der Waals surface area contributed by atoms with Gasteiger partial charge in [-0.25, -0.2) is 13.2 Å². The highest BCUT2D eigenvalue weighted by Gasteiger charge is 2.23. The standard InChI is InChI=1S/C22H27NO5S/c1-4-5-16-6-8-17(9-7-16)18-10-12-19(13-11-18)21(24)23-20(22(25)28-2)14-15-29(3,26)27/h6-13,20H,4-5,14-15H2,1-3H3,(H,23,24). The highest BCUT2D eigenvalue weighted by Crippen LogP contribution is 2.21. The number of carbonyl (C=O) groups is 2. The molecule has 1 unspecified atom stereocenters. The summed E-state index contributed by atoms with van der Waals surface area (Å²) in [6.45, 7) is 2.14. The number of methoxy groups -OCH3 is 1. The van der Waals surface area contributed by atoms with E-state index in [9.17, 15) is 18.0 Å². The molecular weight excluding hydrogens is 390 g/mol. The zero-order valence-electron chi connectivity index (χ0n) is 17.0. The molecule has 0 saturated heterocycles. The molecule has 156 valence electrons. The van der Waals surface area contributed by atoms with Gasteiger partial charge in [-0.15, -0.1) is 0 Å². The third kappa shape index (κ3) is 7.02. The molecule has 0 radical (unpaired) electrons. The first-order valence-electron chi connectivity index (χ1n) is 9.49. The molecule has 0 spiro atoms. The summed E-state index contributed by atoms with van der Waals surface area (Å²) >= 11 is 0. The van der Waals surface area contributed by atoms with Crippen LogP contribution in [0.25, 0.3) is 11.1 Å². The molecule has 0 fully saturated rings. The van der Waals surface area contributed by atoms with Crippen molar-refractivity contribution in [1.82, 2.24) is 5.32 Å². The van der Waals surface area contributed by atoms with Crippen LogP contribution in [0.5, 0.6) is 0 Å². The summed E-state index contributed by atoms with van der Waals surface area (Å²) in [6, 6.07) is 14.3. The fraction of sp³-hybridized carbons (Fsp3) is 0.364. The number of esters is 1. The molecule has 29 heavy (non-hydrogen) atoms.